The Hall–Kier alpha value is -3.21. The van der Waals surface area contributed by atoms with Crippen molar-refractivity contribution in [2.24, 2.45) is 10.8 Å². The molecule has 0 spiro atoms. The van der Waals surface area contributed by atoms with Crippen molar-refractivity contribution in [1.29, 1.82) is 10.7 Å². The number of rotatable bonds is 4. The third-order valence-electron chi connectivity index (χ3n) is 2.36. The van der Waals surface area contributed by atoms with Crippen molar-refractivity contribution in [3.8, 4) is 11.8 Å². The van der Waals surface area contributed by atoms with Crippen LogP contribution in [0.3, 0.4) is 0 Å². The van der Waals surface area contributed by atoms with Crippen LogP contribution in [0.5, 0.6) is 0 Å². The lowest BCUT2D eigenvalue weighted by Crippen LogP contribution is -2.22. The Bertz CT molecular complexity index is 697. The van der Waals surface area contributed by atoms with E-state index in [9.17, 15) is 4.39 Å². The van der Waals surface area contributed by atoms with E-state index in [1.807, 2.05) is 0 Å². The van der Waals surface area contributed by atoms with Gasteiger partial charge < -0.3 is 5.73 Å². The van der Waals surface area contributed by atoms with Crippen molar-refractivity contribution in [3.05, 3.63) is 42.5 Å². The predicted octanol–water partition coefficient (Wildman–Crippen LogP) is 1.24. The standard InChI is InChI=1S/C12H10FN7/c13-8-2-3-11(20-5-1-4-17-20)9(6-8)18-19-10(7-14)12(15)16/h1-6,18H,(H3,15,16)/b19-10+. The van der Waals surface area contributed by atoms with E-state index in [1.54, 1.807) is 24.5 Å². The lowest BCUT2D eigenvalue weighted by molar-refractivity contribution is 0.627. The first-order valence-electron chi connectivity index (χ1n) is 5.49. The Morgan fingerprint density at radius 3 is 2.95 bits per heavy atom. The number of hydrazone groups is 1. The van der Waals surface area contributed by atoms with E-state index >= 15 is 0 Å². The van der Waals surface area contributed by atoms with E-state index < -0.39 is 11.7 Å². The molecule has 0 saturated carbocycles. The number of hydrogen-bond acceptors (Lipinski definition) is 5. The van der Waals surface area contributed by atoms with Gasteiger partial charge >= 0.3 is 0 Å². The summed E-state index contributed by atoms with van der Waals surface area (Å²) in [5.41, 5.74) is 8.24. The van der Waals surface area contributed by atoms with E-state index in [4.69, 9.17) is 16.4 Å². The molecule has 0 amide bonds. The largest absolute Gasteiger partial charge is 0.382 e. The average Bonchev–Trinajstić information content (AvgIpc) is 2.93. The van der Waals surface area contributed by atoms with Crippen molar-refractivity contribution >= 4 is 17.2 Å². The van der Waals surface area contributed by atoms with E-state index in [0.29, 0.717) is 11.4 Å². The van der Waals surface area contributed by atoms with Crippen LogP contribution in [0.2, 0.25) is 0 Å². The lowest BCUT2D eigenvalue weighted by atomic mass is 10.2. The fourth-order valence-electron chi connectivity index (χ4n) is 1.47. The molecular formula is C12H10FN7. The van der Waals surface area contributed by atoms with Crippen LogP contribution in [0.1, 0.15) is 0 Å². The van der Waals surface area contributed by atoms with Gasteiger partial charge in [0, 0.05) is 18.5 Å². The number of nitrogens with two attached hydrogens (primary N) is 1. The van der Waals surface area contributed by atoms with Gasteiger partial charge in [0.2, 0.25) is 5.71 Å². The molecule has 0 bridgehead atoms. The third kappa shape index (κ3) is 2.78. The number of nitrogens with zero attached hydrogens (tertiary/aromatic N) is 4. The number of amidine groups is 1. The lowest BCUT2D eigenvalue weighted by Gasteiger charge is -2.09. The number of halogens is 1. The maximum Gasteiger partial charge on any atom is 0.201 e. The van der Waals surface area contributed by atoms with Crippen LogP contribution in [-0.2, 0) is 0 Å². The summed E-state index contributed by atoms with van der Waals surface area (Å²) in [5, 5.41) is 23.6. The number of benzene rings is 1. The predicted molar refractivity (Wildman–Crippen MR) is 72.1 cm³/mol. The normalized spacial score (nSPS) is 10.9. The minimum atomic E-state index is -0.475. The first-order valence-corrected chi connectivity index (χ1v) is 5.49. The molecule has 0 saturated heterocycles. The summed E-state index contributed by atoms with van der Waals surface area (Å²) in [4.78, 5) is 0. The van der Waals surface area contributed by atoms with Crippen molar-refractivity contribution < 1.29 is 4.39 Å². The Labute approximate surface area is 113 Å². The van der Waals surface area contributed by atoms with Gasteiger partial charge in [-0.15, -0.1) is 0 Å². The molecular weight excluding hydrogens is 261 g/mol. The summed E-state index contributed by atoms with van der Waals surface area (Å²) in [5.74, 6) is -0.947. The van der Waals surface area contributed by atoms with Gasteiger partial charge in [0.15, 0.2) is 5.84 Å². The molecule has 20 heavy (non-hydrogen) atoms. The van der Waals surface area contributed by atoms with Crippen molar-refractivity contribution in [2.75, 3.05) is 5.43 Å². The smallest absolute Gasteiger partial charge is 0.201 e. The zero-order chi connectivity index (χ0) is 14.5. The molecule has 1 aromatic carbocycles. The highest BCUT2D eigenvalue weighted by atomic mass is 19.1. The summed E-state index contributed by atoms with van der Waals surface area (Å²) < 4.78 is 14.8. The summed E-state index contributed by atoms with van der Waals surface area (Å²) in [6.45, 7) is 0. The topological polar surface area (TPSA) is 116 Å². The fourth-order valence-corrected chi connectivity index (χ4v) is 1.47. The number of nitrogens with one attached hydrogen (secondary N) is 2. The molecule has 0 aliphatic carbocycles. The number of nitriles is 1. The van der Waals surface area contributed by atoms with Crippen LogP contribution in [0.25, 0.3) is 5.69 Å². The molecule has 1 heterocycles. The second-order valence-corrected chi connectivity index (χ2v) is 3.71. The van der Waals surface area contributed by atoms with Crippen molar-refractivity contribution in [2.45, 2.75) is 0 Å². The summed E-state index contributed by atoms with van der Waals surface area (Å²) in [6.07, 6.45) is 3.25. The van der Waals surface area contributed by atoms with Crippen LogP contribution < -0.4 is 11.2 Å². The highest BCUT2D eigenvalue weighted by Gasteiger charge is 2.07. The molecule has 4 N–H and O–H groups in total. The molecule has 0 unspecified atom stereocenters. The van der Waals surface area contributed by atoms with E-state index in [0.717, 1.165) is 0 Å². The Morgan fingerprint density at radius 1 is 1.55 bits per heavy atom. The van der Waals surface area contributed by atoms with Crippen LogP contribution >= 0.6 is 0 Å². The van der Waals surface area contributed by atoms with Gasteiger partial charge in [-0.05, 0) is 18.2 Å². The maximum absolute atomic E-state index is 13.3. The van der Waals surface area contributed by atoms with Gasteiger partial charge in [-0.3, -0.25) is 10.8 Å². The SMILES string of the molecule is N#C/C(=N\Nc1cc(F)ccc1-n1cccn1)C(=N)N. The van der Waals surface area contributed by atoms with Crippen LogP contribution in [0, 0.1) is 22.6 Å². The molecule has 7 nitrogen and oxygen atoms in total. The van der Waals surface area contributed by atoms with Gasteiger partial charge in [-0.2, -0.15) is 15.5 Å². The monoisotopic (exact) mass is 271 g/mol. The summed E-state index contributed by atoms with van der Waals surface area (Å²) in [6, 6.07) is 7.38. The van der Waals surface area contributed by atoms with Crippen LogP contribution in [0.15, 0.2) is 41.8 Å². The highest BCUT2D eigenvalue weighted by molar-refractivity contribution is 6.45. The zero-order valence-corrected chi connectivity index (χ0v) is 10.2. The number of anilines is 1. The first kappa shape index (κ1) is 13.2. The van der Waals surface area contributed by atoms with Crippen molar-refractivity contribution in [1.82, 2.24) is 9.78 Å². The second kappa shape index (κ2) is 5.62. The van der Waals surface area contributed by atoms with Crippen molar-refractivity contribution in [3.63, 3.8) is 0 Å². The van der Waals surface area contributed by atoms with E-state index in [1.165, 1.54) is 22.9 Å². The molecule has 8 heteroatoms. The molecule has 2 aromatic rings. The molecule has 2 rings (SSSR count). The first-order chi connectivity index (χ1) is 9.61. The van der Waals surface area contributed by atoms with Gasteiger partial charge in [-0.1, -0.05) is 0 Å². The summed E-state index contributed by atoms with van der Waals surface area (Å²) >= 11 is 0. The molecule has 0 radical (unpaired) electrons. The average molecular weight is 271 g/mol. The second-order valence-electron chi connectivity index (χ2n) is 3.71. The molecule has 1 aromatic heterocycles. The Morgan fingerprint density at radius 2 is 2.35 bits per heavy atom. The molecule has 100 valence electrons. The molecule has 0 aliphatic heterocycles. The van der Waals surface area contributed by atoms with Gasteiger partial charge in [0.25, 0.3) is 0 Å². The number of hydrogen-bond donors (Lipinski definition) is 3. The van der Waals surface area contributed by atoms with Crippen LogP contribution in [-0.4, -0.2) is 21.3 Å². The molecule has 0 fully saturated rings. The molecule has 0 aliphatic rings. The van der Waals surface area contributed by atoms with Gasteiger partial charge in [-0.25, -0.2) is 9.07 Å². The third-order valence-corrected chi connectivity index (χ3v) is 2.36. The number of aromatic nitrogens is 2. The zero-order valence-electron chi connectivity index (χ0n) is 10.2. The Balaban J connectivity index is 2.39. The summed E-state index contributed by atoms with van der Waals surface area (Å²) in [7, 11) is 0. The molecule has 0 atom stereocenters. The van der Waals surface area contributed by atoms with Gasteiger partial charge in [0.05, 0.1) is 11.4 Å². The van der Waals surface area contributed by atoms with E-state index in [2.05, 4.69) is 15.6 Å². The fraction of sp³-hybridized carbons (Fsp3) is 0. The maximum atomic E-state index is 13.3. The highest BCUT2D eigenvalue weighted by Crippen LogP contribution is 2.20. The Kier molecular flexibility index (Phi) is 3.72. The van der Waals surface area contributed by atoms with E-state index in [-0.39, 0.29) is 5.71 Å². The quantitative estimate of drug-likeness (QED) is 0.440. The van der Waals surface area contributed by atoms with Gasteiger partial charge in [0.1, 0.15) is 11.9 Å². The minimum Gasteiger partial charge on any atom is -0.382 e. The van der Waals surface area contributed by atoms with Crippen LogP contribution in [0.4, 0.5) is 10.1 Å². The minimum absolute atomic E-state index is 0.291.